The molecule has 0 radical (unpaired) electrons. The Bertz CT molecular complexity index is 1200. The van der Waals surface area contributed by atoms with Gasteiger partial charge < -0.3 is 30.3 Å². The van der Waals surface area contributed by atoms with E-state index in [0.717, 1.165) is 25.1 Å². The van der Waals surface area contributed by atoms with Crippen LogP contribution < -0.4 is 25.6 Å². The van der Waals surface area contributed by atoms with Crippen LogP contribution in [0.25, 0.3) is 0 Å². The van der Waals surface area contributed by atoms with E-state index < -0.39 is 5.82 Å². The second-order valence-electron chi connectivity index (χ2n) is 8.09. The van der Waals surface area contributed by atoms with Gasteiger partial charge in [0.05, 0.1) is 30.3 Å². The molecule has 12 heteroatoms. The first-order valence-corrected chi connectivity index (χ1v) is 10.8. The molecule has 0 unspecified atom stereocenters. The summed E-state index contributed by atoms with van der Waals surface area (Å²) >= 11 is 0. The van der Waals surface area contributed by atoms with Gasteiger partial charge in [-0.3, -0.25) is 4.79 Å². The molecule has 2 aliphatic heterocycles. The van der Waals surface area contributed by atoms with Gasteiger partial charge in [-0.15, -0.1) is 0 Å². The first kappa shape index (κ1) is 21.8. The zero-order chi connectivity index (χ0) is 23.7. The van der Waals surface area contributed by atoms with Crippen LogP contribution in [0.4, 0.5) is 39.3 Å². The predicted molar refractivity (Wildman–Crippen MR) is 123 cm³/mol. The Morgan fingerprint density at radius 2 is 1.88 bits per heavy atom. The van der Waals surface area contributed by atoms with Gasteiger partial charge in [0.1, 0.15) is 11.6 Å². The highest BCUT2D eigenvalue weighted by Crippen LogP contribution is 2.28. The van der Waals surface area contributed by atoms with Crippen molar-refractivity contribution in [3.8, 4) is 5.75 Å². The molecule has 3 aromatic rings. The SMILES string of the molecule is C[C@@H]1CN(c2ccc(Nc3ncc(F)c(Nc4ccc5c(n4)NC(=O)CO5)n3)cn2)C[C@H](C)O1. The first-order chi connectivity index (χ1) is 16.4. The molecule has 1 fully saturated rings. The molecular formula is C22H23FN8O3. The summed E-state index contributed by atoms with van der Waals surface area (Å²) in [4.78, 5) is 30.7. The summed E-state index contributed by atoms with van der Waals surface area (Å²) in [5.41, 5.74) is 0.655. The molecule has 3 aromatic heterocycles. The Hall–Kier alpha value is -4.06. The zero-order valence-electron chi connectivity index (χ0n) is 18.6. The average Bonchev–Trinajstić information content (AvgIpc) is 2.81. The lowest BCUT2D eigenvalue weighted by molar-refractivity contribution is -0.118. The fourth-order valence-electron chi connectivity index (χ4n) is 3.81. The quantitative estimate of drug-likeness (QED) is 0.517. The molecule has 1 amide bonds. The van der Waals surface area contributed by atoms with Crippen LogP contribution in [0.15, 0.2) is 36.7 Å². The Labute approximate surface area is 194 Å². The van der Waals surface area contributed by atoms with Crippen LogP contribution in [0.2, 0.25) is 0 Å². The van der Waals surface area contributed by atoms with Gasteiger partial charge >= 0.3 is 0 Å². The summed E-state index contributed by atoms with van der Waals surface area (Å²) < 4.78 is 25.4. The van der Waals surface area contributed by atoms with Crippen molar-refractivity contribution in [2.45, 2.75) is 26.1 Å². The molecule has 1 saturated heterocycles. The standard InChI is InChI=1S/C22H23FN8O3/c1-12-9-31(10-13(2)34-12)18-6-3-14(7-24-18)26-22-25-8-15(23)20(30-22)27-17-5-4-16-21(28-17)29-19(32)11-33-16/h3-8,12-13H,9-11H2,1-2H3,(H3,25,26,27,28,29,30,32)/t12-,13+. The number of amides is 1. The molecule has 34 heavy (non-hydrogen) atoms. The van der Waals surface area contributed by atoms with E-state index in [-0.39, 0.29) is 48.1 Å². The number of hydrogen-bond donors (Lipinski definition) is 3. The van der Waals surface area contributed by atoms with Crippen molar-refractivity contribution in [2.24, 2.45) is 0 Å². The molecule has 2 atom stereocenters. The lowest BCUT2D eigenvalue weighted by Crippen LogP contribution is -2.45. The number of rotatable bonds is 5. The van der Waals surface area contributed by atoms with E-state index >= 15 is 0 Å². The van der Waals surface area contributed by atoms with Crippen LogP contribution in [0.1, 0.15) is 13.8 Å². The second kappa shape index (κ2) is 9.06. The van der Waals surface area contributed by atoms with E-state index in [9.17, 15) is 9.18 Å². The van der Waals surface area contributed by atoms with Crippen LogP contribution in [0.5, 0.6) is 5.75 Å². The topological polar surface area (TPSA) is 126 Å². The minimum Gasteiger partial charge on any atom is -0.480 e. The van der Waals surface area contributed by atoms with E-state index in [1.807, 2.05) is 26.0 Å². The van der Waals surface area contributed by atoms with Gasteiger partial charge in [-0.1, -0.05) is 0 Å². The number of anilines is 6. The highest BCUT2D eigenvalue weighted by molar-refractivity contribution is 5.94. The maximum atomic E-state index is 14.4. The van der Waals surface area contributed by atoms with Gasteiger partial charge in [0.25, 0.3) is 5.91 Å². The van der Waals surface area contributed by atoms with Gasteiger partial charge in [-0.2, -0.15) is 4.98 Å². The summed E-state index contributed by atoms with van der Waals surface area (Å²) in [7, 11) is 0. The van der Waals surface area contributed by atoms with E-state index in [4.69, 9.17) is 9.47 Å². The van der Waals surface area contributed by atoms with Crippen LogP contribution >= 0.6 is 0 Å². The van der Waals surface area contributed by atoms with Crippen molar-refractivity contribution in [1.82, 2.24) is 19.9 Å². The molecule has 0 aliphatic carbocycles. The molecule has 11 nitrogen and oxygen atoms in total. The molecule has 0 aromatic carbocycles. The van der Waals surface area contributed by atoms with Crippen molar-refractivity contribution in [3.63, 3.8) is 0 Å². The summed E-state index contributed by atoms with van der Waals surface area (Å²) in [6.07, 6.45) is 3.00. The number of pyridine rings is 2. The number of carbonyl (C=O) groups excluding carboxylic acids is 1. The van der Waals surface area contributed by atoms with Crippen molar-refractivity contribution in [3.05, 3.63) is 42.5 Å². The van der Waals surface area contributed by atoms with Crippen molar-refractivity contribution < 1.29 is 18.7 Å². The number of aromatic nitrogens is 4. The number of hydrogen-bond acceptors (Lipinski definition) is 10. The Balaban J connectivity index is 1.29. The number of morpholine rings is 1. The van der Waals surface area contributed by atoms with Crippen LogP contribution in [0.3, 0.4) is 0 Å². The normalized spacial score (nSPS) is 19.6. The lowest BCUT2D eigenvalue weighted by Gasteiger charge is -2.36. The summed E-state index contributed by atoms with van der Waals surface area (Å²) in [5, 5.41) is 8.44. The van der Waals surface area contributed by atoms with E-state index in [0.29, 0.717) is 11.4 Å². The van der Waals surface area contributed by atoms with Crippen LogP contribution in [-0.2, 0) is 9.53 Å². The predicted octanol–water partition coefficient (Wildman–Crippen LogP) is 2.84. The van der Waals surface area contributed by atoms with Crippen molar-refractivity contribution >= 4 is 40.8 Å². The maximum absolute atomic E-state index is 14.4. The smallest absolute Gasteiger partial charge is 0.263 e. The van der Waals surface area contributed by atoms with Crippen LogP contribution in [0, 0.1) is 5.82 Å². The monoisotopic (exact) mass is 466 g/mol. The Morgan fingerprint density at radius 1 is 1.06 bits per heavy atom. The Morgan fingerprint density at radius 3 is 2.65 bits per heavy atom. The summed E-state index contributed by atoms with van der Waals surface area (Å²) in [6, 6.07) is 7.00. The number of carbonyl (C=O) groups is 1. The highest BCUT2D eigenvalue weighted by atomic mass is 19.1. The molecule has 2 aliphatic rings. The largest absolute Gasteiger partial charge is 0.480 e. The van der Waals surface area contributed by atoms with Gasteiger partial charge in [0.2, 0.25) is 5.95 Å². The van der Waals surface area contributed by atoms with Gasteiger partial charge in [-0.05, 0) is 38.1 Å². The van der Waals surface area contributed by atoms with Crippen molar-refractivity contribution in [1.29, 1.82) is 0 Å². The van der Waals surface area contributed by atoms with Gasteiger partial charge in [-0.25, -0.2) is 19.3 Å². The molecular weight excluding hydrogens is 443 g/mol. The Kier molecular flexibility index (Phi) is 5.80. The molecule has 5 heterocycles. The molecule has 176 valence electrons. The lowest BCUT2D eigenvalue weighted by atomic mass is 10.2. The fraction of sp³-hybridized carbons (Fsp3) is 0.318. The summed E-state index contributed by atoms with van der Waals surface area (Å²) in [5.74, 6) is 0.966. The van der Waals surface area contributed by atoms with Crippen molar-refractivity contribution in [2.75, 3.05) is 40.5 Å². The summed E-state index contributed by atoms with van der Waals surface area (Å²) in [6.45, 7) is 5.55. The first-order valence-electron chi connectivity index (χ1n) is 10.8. The minimum atomic E-state index is -0.658. The highest BCUT2D eigenvalue weighted by Gasteiger charge is 2.23. The molecule has 0 bridgehead atoms. The van der Waals surface area contributed by atoms with E-state index in [1.165, 1.54) is 0 Å². The maximum Gasteiger partial charge on any atom is 0.263 e. The number of fused-ring (bicyclic) bond motifs is 1. The molecule has 5 rings (SSSR count). The number of nitrogens with zero attached hydrogens (tertiary/aromatic N) is 5. The number of halogens is 1. The fourth-order valence-corrected chi connectivity index (χ4v) is 3.81. The molecule has 0 spiro atoms. The minimum absolute atomic E-state index is 0.0719. The second-order valence-corrected chi connectivity index (χ2v) is 8.09. The van der Waals surface area contributed by atoms with Crippen LogP contribution in [-0.4, -0.2) is 57.7 Å². The molecule has 0 saturated carbocycles. The van der Waals surface area contributed by atoms with E-state index in [2.05, 4.69) is 40.8 Å². The third-order valence-electron chi connectivity index (χ3n) is 5.21. The third-order valence-corrected chi connectivity index (χ3v) is 5.21. The number of ether oxygens (including phenoxy) is 2. The van der Waals surface area contributed by atoms with Gasteiger partial charge in [0.15, 0.2) is 29.8 Å². The van der Waals surface area contributed by atoms with E-state index in [1.54, 1.807) is 18.3 Å². The number of nitrogens with one attached hydrogen (secondary N) is 3. The third kappa shape index (κ3) is 4.81. The zero-order valence-corrected chi connectivity index (χ0v) is 18.6. The van der Waals surface area contributed by atoms with Gasteiger partial charge in [0, 0.05) is 13.1 Å². The average molecular weight is 466 g/mol. The molecule has 3 N–H and O–H groups in total.